The van der Waals surface area contributed by atoms with Crippen molar-refractivity contribution in [2.45, 2.75) is 19.4 Å². The predicted octanol–water partition coefficient (Wildman–Crippen LogP) is 5.17. The zero-order chi connectivity index (χ0) is 14.1. The quantitative estimate of drug-likeness (QED) is 0.750. The Morgan fingerprint density at radius 2 is 1.80 bits per heavy atom. The standard InChI is InChI=1S/C16H13Cl2NO/c1-10-2-4-11(5-3-10)15-9-16(20-19-15)12-6-7-13(17)14(18)8-12/h2-8,16H,9H2,1H3/t16-/m0/s1. The van der Waals surface area contributed by atoms with Crippen LogP contribution in [0.5, 0.6) is 0 Å². The topological polar surface area (TPSA) is 21.6 Å². The molecular formula is C16H13Cl2NO. The van der Waals surface area contributed by atoms with Crippen molar-refractivity contribution >= 4 is 28.9 Å². The van der Waals surface area contributed by atoms with Gasteiger partial charge in [0.1, 0.15) is 0 Å². The van der Waals surface area contributed by atoms with Crippen LogP contribution in [-0.2, 0) is 4.84 Å². The summed E-state index contributed by atoms with van der Waals surface area (Å²) in [5, 5.41) is 5.27. The van der Waals surface area contributed by atoms with E-state index < -0.39 is 0 Å². The molecule has 2 aromatic carbocycles. The predicted molar refractivity (Wildman–Crippen MR) is 82.6 cm³/mol. The molecule has 0 saturated heterocycles. The van der Waals surface area contributed by atoms with E-state index in [1.54, 1.807) is 6.07 Å². The molecule has 102 valence electrons. The van der Waals surface area contributed by atoms with Gasteiger partial charge in [-0.05, 0) is 30.2 Å². The Morgan fingerprint density at radius 1 is 1.05 bits per heavy atom. The molecule has 0 aliphatic carbocycles. The third-order valence-electron chi connectivity index (χ3n) is 3.37. The zero-order valence-electron chi connectivity index (χ0n) is 10.9. The van der Waals surface area contributed by atoms with Crippen LogP contribution in [0.4, 0.5) is 0 Å². The number of oxime groups is 1. The summed E-state index contributed by atoms with van der Waals surface area (Å²) in [6, 6.07) is 13.8. The number of hydrogen-bond acceptors (Lipinski definition) is 2. The van der Waals surface area contributed by atoms with Crippen LogP contribution in [0.2, 0.25) is 10.0 Å². The molecule has 0 bridgehead atoms. The van der Waals surface area contributed by atoms with Crippen molar-refractivity contribution in [1.29, 1.82) is 0 Å². The highest BCUT2D eigenvalue weighted by Crippen LogP contribution is 2.33. The van der Waals surface area contributed by atoms with E-state index in [1.165, 1.54) is 5.56 Å². The van der Waals surface area contributed by atoms with Gasteiger partial charge in [0.15, 0.2) is 6.10 Å². The molecule has 2 nitrogen and oxygen atoms in total. The van der Waals surface area contributed by atoms with E-state index in [9.17, 15) is 0 Å². The first kappa shape index (κ1) is 13.5. The first-order chi connectivity index (χ1) is 9.63. The van der Waals surface area contributed by atoms with Crippen LogP contribution in [0.1, 0.15) is 29.2 Å². The second kappa shape index (κ2) is 5.47. The van der Waals surface area contributed by atoms with Crippen LogP contribution in [-0.4, -0.2) is 5.71 Å². The summed E-state index contributed by atoms with van der Waals surface area (Å²) in [5.41, 5.74) is 4.28. The number of nitrogens with zero attached hydrogens (tertiary/aromatic N) is 1. The van der Waals surface area contributed by atoms with E-state index in [1.807, 2.05) is 12.1 Å². The maximum Gasteiger partial charge on any atom is 0.158 e. The number of rotatable bonds is 2. The fourth-order valence-corrected chi connectivity index (χ4v) is 2.49. The first-order valence-electron chi connectivity index (χ1n) is 6.38. The Labute approximate surface area is 128 Å². The highest BCUT2D eigenvalue weighted by atomic mass is 35.5. The van der Waals surface area contributed by atoms with Gasteiger partial charge in [0.25, 0.3) is 0 Å². The third-order valence-corrected chi connectivity index (χ3v) is 4.11. The van der Waals surface area contributed by atoms with E-state index in [-0.39, 0.29) is 6.10 Å². The van der Waals surface area contributed by atoms with Crippen LogP contribution < -0.4 is 0 Å². The van der Waals surface area contributed by atoms with Crippen molar-refractivity contribution in [2.75, 3.05) is 0 Å². The Hall–Kier alpha value is -1.51. The summed E-state index contributed by atoms with van der Waals surface area (Å²) in [6.07, 6.45) is 0.641. The first-order valence-corrected chi connectivity index (χ1v) is 7.14. The number of hydrogen-bond donors (Lipinski definition) is 0. The van der Waals surface area contributed by atoms with Gasteiger partial charge < -0.3 is 4.84 Å². The van der Waals surface area contributed by atoms with Gasteiger partial charge in [-0.1, -0.05) is 64.3 Å². The molecule has 4 heteroatoms. The summed E-state index contributed by atoms with van der Waals surface area (Å²) >= 11 is 12.0. The Morgan fingerprint density at radius 3 is 2.50 bits per heavy atom. The fourth-order valence-electron chi connectivity index (χ4n) is 2.19. The molecule has 0 fully saturated rings. The lowest BCUT2D eigenvalue weighted by molar-refractivity contribution is 0.0857. The lowest BCUT2D eigenvalue weighted by Crippen LogP contribution is -2.01. The molecule has 0 amide bonds. The SMILES string of the molecule is Cc1ccc(C2=NO[C@H](c3ccc(Cl)c(Cl)c3)C2)cc1. The Bertz CT molecular complexity index is 665. The van der Waals surface area contributed by atoms with Crippen molar-refractivity contribution < 1.29 is 4.84 Å². The molecular weight excluding hydrogens is 293 g/mol. The lowest BCUT2D eigenvalue weighted by Gasteiger charge is -2.09. The monoisotopic (exact) mass is 305 g/mol. The maximum absolute atomic E-state index is 6.04. The zero-order valence-corrected chi connectivity index (χ0v) is 12.4. The van der Waals surface area contributed by atoms with E-state index in [4.69, 9.17) is 28.0 Å². The van der Waals surface area contributed by atoms with Crippen molar-refractivity contribution in [2.24, 2.45) is 5.16 Å². The molecule has 1 atom stereocenters. The molecule has 0 saturated carbocycles. The van der Waals surface area contributed by atoms with Crippen LogP contribution in [0.3, 0.4) is 0 Å². The van der Waals surface area contributed by atoms with Gasteiger partial charge in [0.05, 0.1) is 15.8 Å². The minimum Gasteiger partial charge on any atom is -0.387 e. The lowest BCUT2D eigenvalue weighted by atomic mass is 10.00. The number of halogens is 2. The van der Waals surface area contributed by atoms with Crippen LogP contribution in [0.15, 0.2) is 47.6 Å². The molecule has 2 aromatic rings. The Balaban J connectivity index is 1.78. The minimum absolute atomic E-state index is 0.0962. The molecule has 3 rings (SSSR count). The van der Waals surface area contributed by atoms with Gasteiger partial charge in [0.2, 0.25) is 0 Å². The molecule has 0 radical (unpaired) electrons. The number of aryl methyl sites for hydroxylation is 1. The second-order valence-corrected chi connectivity index (χ2v) is 5.69. The smallest absolute Gasteiger partial charge is 0.158 e. The Kier molecular flexibility index (Phi) is 3.68. The van der Waals surface area contributed by atoms with E-state index in [0.29, 0.717) is 10.0 Å². The third kappa shape index (κ3) is 2.67. The average Bonchev–Trinajstić information content (AvgIpc) is 2.92. The van der Waals surface area contributed by atoms with E-state index >= 15 is 0 Å². The summed E-state index contributed by atoms with van der Waals surface area (Å²) in [5.74, 6) is 0. The average molecular weight is 306 g/mol. The van der Waals surface area contributed by atoms with Gasteiger partial charge in [-0.2, -0.15) is 0 Å². The van der Waals surface area contributed by atoms with Gasteiger partial charge in [-0.25, -0.2) is 0 Å². The van der Waals surface area contributed by atoms with Gasteiger partial charge in [0, 0.05) is 6.42 Å². The van der Waals surface area contributed by atoms with Gasteiger partial charge >= 0.3 is 0 Å². The molecule has 0 spiro atoms. The highest BCUT2D eigenvalue weighted by molar-refractivity contribution is 6.42. The minimum atomic E-state index is -0.0962. The van der Waals surface area contributed by atoms with Crippen LogP contribution >= 0.6 is 23.2 Å². The van der Waals surface area contributed by atoms with Gasteiger partial charge in [-0.15, -0.1) is 0 Å². The maximum atomic E-state index is 6.04. The molecule has 0 unspecified atom stereocenters. The summed E-state index contributed by atoms with van der Waals surface area (Å²) in [4.78, 5) is 5.52. The molecule has 1 aliphatic heterocycles. The molecule has 1 aliphatic rings. The summed E-state index contributed by atoms with van der Waals surface area (Å²) in [6.45, 7) is 2.06. The van der Waals surface area contributed by atoms with Crippen molar-refractivity contribution in [1.82, 2.24) is 0 Å². The highest BCUT2D eigenvalue weighted by Gasteiger charge is 2.24. The summed E-state index contributed by atoms with van der Waals surface area (Å²) < 4.78 is 0. The van der Waals surface area contributed by atoms with Crippen LogP contribution in [0.25, 0.3) is 0 Å². The van der Waals surface area contributed by atoms with E-state index in [2.05, 4.69) is 36.3 Å². The molecule has 1 heterocycles. The van der Waals surface area contributed by atoms with Gasteiger partial charge in [-0.3, -0.25) is 0 Å². The van der Waals surface area contributed by atoms with Crippen LogP contribution in [0, 0.1) is 6.92 Å². The summed E-state index contributed by atoms with van der Waals surface area (Å²) in [7, 11) is 0. The normalized spacial score (nSPS) is 17.8. The van der Waals surface area contributed by atoms with Crippen molar-refractivity contribution in [3.8, 4) is 0 Å². The second-order valence-electron chi connectivity index (χ2n) is 4.88. The van der Waals surface area contributed by atoms with E-state index in [0.717, 1.165) is 23.3 Å². The molecule has 0 N–H and O–H groups in total. The molecule has 20 heavy (non-hydrogen) atoms. The number of benzene rings is 2. The van der Waals surface area contributed by atoms with Crippen molar-refractivity contribution in [3.63, 3.8) is 0 Å². The molecule has 0 aromatic heterocycles. The largest absolute Gasteiger partial charge is 0.387 e. The fraction of sp³-hybridized carbons (Fsp3) is 0.188. The van der Waals surface area contributed by atoms with Crippen molar-refractivity contribution in [3.05, 3.63) is 69.2 Å².